The van der Waals surface area contributed by atoms with Crippen molar-refractivity contribution in [2.24, 2.45) is 5.92 Å². The maximum Gasteiger partial charge on any atom is 0.326 e. The first-order chi connectivity index (χ1) is 16.8. The zero-order valence-electron chi connectivity index (χ0n) is 20.1. The van der Waals surface area contributed by atoms with Gasteiger partial charge in [-0.3, -0.25) is 9.59 Å². The van der Waals surface area contributed by atoms with Crippen molar-refractivity contribution in [2.75, 3.05) is 0 Å². The molecule has 0 aromatic heterocycles. The molecule has 0 radical (unpaired) electrons. The lowest BCUT2D eigenvalue weighted by Crippen LogP contribution is -2.53. The van der Waals surface area contributed by atoms with Crippen LogP contribution in [0, 0.1) is 5.92 Å². The molecular formula is C29H32N2O4. The number of carbonyl (C=O) groups is 3. The highest BCUT2D eigenvalue weighted by atomic mass is 16.4. The quantitative estimate of drug-likeness (QED) is 0.390. The van der Waals surface area contributed by atoms with Crippen molar-refractivity contribution < 1.29 is 19.5 Å². The van der Waals surface area contributed by atoms with Crippen LogP contribution < -0.4 is 10.6 Å². The van der Waals surface area contributed by atoms with Crippen LogP contribution in [-0.2, 0) is 20.8 Å². The molecular weight excluding hydrogens is 440 g/mol. The number of benzene rings is 3. The summed E-state index contributed by atoms with van der Waals surface area (Å²) in [4.78, 5) is 38.7. The number of carboxylic acid groups (broad SMARTS) is 1. The van der Waals surface area contributed by atoms with Gasteiger partial charge in [-0.25, -0.2) is 4.79 Å². The van der Waals surface area contributed by atoms with Crippen LogP contribution in [0.25, 0.3) is 0 Å². The minimum Gasteiger partial charge on any atom is -0.480 e. The number of carbonyl (C=O) groups excluding carboxylic acids is 2. The molecule has 3 rings (SSSR count). The van der Waals surface area contributed by atoms with E-state index in [4.69, 9.17) is 0 Å². The Bertz CT molecular complexity index is 1060. The van der Waals surface area contributed by atoms with E-state index in [1.165, 1.54) is 0 Å². The van der Waals surface area contributed by atoms with E-state index in [2.05, 4.69) is 10.6 Å². The Morgan fingerprint density at radius 3 is 1.60 bits per heavy atom. The minimum atomic E-state index is -1.12. The first-order valence-corrected chi connectivity index (χ1v) is 11.8. The molecule has 6 heteroatoms. The van der Waals surface area contributed by atoms with E-state index in [-0.39, 0.29) is 18.2 Å². The fourth-order valence-electron chi connectivity index (χ4n) is 4.07. The number of hydrogen-bond donors (Lipinski definition) is 3. The second kappa shape index (κ2) is 12.5. The van der Waals surface area contributed by atoms with Crippen molar-refractivity contribution in [3.05, 3.63) is 108 Å². The van der Waals surface area contributed by atoms with Crippen LogP contribution >= 0.6 is 0 Å². The summed E-state index contributed by atoms with van der Waals surface area (Å²) in [6.45, 7) is 3.91. The van der Waals surface area contributed by atoms with Crippen molar-refractivity contribution in [3.63, 3.8) is 0 Å². The van der Waals surface area contributed by atoms with E-state index in [1.807, 2.05) is 105 Å². The Morgan fingerprint density at radius 2 is 1.14 bits per heavy atom. The Balaban J connectivity index is 1.81. The van der Waals surface area contributed by atoms with Crippen molar-refractivity contribution in [2.45, 2.75) is 44.7 Å². The molecule has 0 aliphatic rings. The van der Waals surface area contributed by atoms with Gasteiger partial charge in [0.1, 0.15) is 12.1 Å². The largest absolute Gasteiger partial charge is 0.480 e. The van der Waals surface area contributed by atoms with Crippen LogP contribution in [-0.4, -0.2) is 35.0 Å². The standard InChI is InChI=1S/C29H32N2O4/c1-20(2)18-24(27(32)31-25(29(34)35)19-21-12-6-3-7-13-21)30-28(33)26(22-14-8-4-9-15-22)23-16-10-5-11-17-23/h3-17,20,24-26H,18-19H2,1-2H3,(H,30,33)(H,31,32)(H,34,35)/t24-,25-/m0/s1. The van der Waals surface area contributed by atoms with Crippen molar-refractivity contribution in [1.82, 2.24) is 10.6 Å². The number of nitrogens with one attached hydrogen (secondary N) is 2. The van der Waals surface area contributed by atoms with Crippen LogP contribution in [0.5, 0.6) is 0 Å². The predicted octanol–water partition coefficient (Wildman–Crippen LogP) is 4.16. The van der Waals surface area contributed by atoms with Gasteiger partial charge >= 0.3 is 5.97 Å². The maximum atomic E-state index is 13.5. The van der Waals surface area contributed by atoms with Gasteiger partial charge in [0.25, 0.3) is 0 Å². The molecule has 3 aromatic rings. The molecule has 3 N–H and O–H groups in total. The molecule has 0 unspecified atom stereocenters. The normalized spacial score (nSPS) is 12.7. The zero-order valence-corrected chi connectivity index (χ0v) is 20.1. The summed E-state index contributed by atoms with van der Waals surface area (Å²) in [6, 6.07) is 26.0. The molecule has 0 spiro atoms. The van der Waals surface area contributed by atoms with Crippen LogP contribution in [0.3, 0.4) is 0 Å². The van der Waals surface area contributed by atoms with E-state index in [9.17, 15) is 19.5 Å². The summed E-state index contributed by atoms with van der Waals surface area (Å²) in [5.41, 5.74) is 2.43. The lowest BCUT2D eigenvalue weighted by molar-refractivity contribution is -0.142. The van der Waals surface area contributed by atoms with Crippen molar-refractivity contribution >= 4 is 17.8 Å². The van der Waals surface area contributed by atoms with E-state index < -0.39 is 29.9 Å². The molecule has 0 saturated heterocycles. The summed E-state index contributed by atoms with van der Waals surface area (Å²) in [6.07, 6.45) is 0.534. The van der Waals surface area contributed by atoms with Crippen LogP contribution in [0.2, 0.25) is 0 Å². The Morgan fingerprint density at radius 1 is 0.686 bits per heavy atom. The van der Waals surface area contributed by atoms with Gasteiger partial charge in [0.05, 0.1) is 5.92 Å². The first-order valence-electron chi connectivity index (χ1n) is 11.8. The third-order valence-electron chi connectivity index (χ3n) is 5.77. The van der Waals surface area contributed by atoms with Gasteiger partial charge in [0.2, 0.25) is 11.8 Å². The third kappa shape index (κ3) is 7.54. The first kappa shape index (κ1) is 25.7. The molecule has 0 fully saturated rings. The lowest BCUT2D eigenvalue weighted by Gasteiger charge is -2.25. The second-order valence-electron chi connectivity index (χ2n) is 9.03. The lowest BCUT2D eigenvalue weighted by atomic mass is 9.90. The Labute approximate surface area is 206 Å². The maximum absolute atomic E-state index is 13.5. The fourth-order valence-corrected chi connectivity index (χ4v) is 4.07. The van der Waals surface area contributed by atoms with Gasteiger partial charge in [0.15, 0.2) is 0 Å². The van der Waals surface area contributed by atoms with Crippen LogP contribution in [0.1, 0.15) is 42.9 Å². The topological polar surface area (TPSA) is 95.5 Å². The van der Waals surface area contributed by atoms with E-state index in [0.29, 0.717) is 6.42 Å². The van der Waals surface area contributed by atoms with Crippen LogP contribution in [0.4, 0.5) is 0 Å². The monoisotopic (exact) mass is 472 g/mol. The number of carboxylic acids is 1. The summed E-state index contributed by atoms with van der Waals surface area (Å²) >= 11 is 0. The highest BCUT2D eigenvalue weighted by Gasteiger charge is 2.30. The fraction of sp³-hybridized carbons (Fsp3) is 0.276. The molecule has 0 bridgehead atoms. The molecule has 0 aliphatic carbocycles. The second-order valence-corrected chi connectivity index (χ2v) is 9.03. The number of hydrogen-bond acceptors (Lipinski definition) is 3. The smallest absolute Gasteiger partial charge is 0.326 e. The summed E-state index contributed by atoms with van der Waals surface area (Å²) in [5, 5.41) is 15.3. The average molecular weight is 473 g/mol. The Hall–Kier alpha value is -3.93. The minimum absolute atomic E-state index is 0.107. The van der Waals surface area contributed by atoms with Gasteiger partial charge in [-0.05, 0) is 29.0 Å². The van der Waals surface area contributed by atoms with Crippen molar-refractivity contribution in [1.29, 1.82) is 0 Å². The predicted molar refractivity (Wildman–Crippen MR) is 136 cm³/mol. The van der Waals surface area contributed by atoms with Gasteiger partial charge in [0, 0.05) is 6.42 Å². The van der Waals surface area contributed by atoms with Gasteiger partial charge in [-0.1, -0.05) is 105 Å². The van der Waals surface area contributed by atoms with E-state index >= 15 is 0 Å². The SMILES string of the molecule is CC(C)C[C@H](NC(=O)C(c1ccccc1)c1ccccc1)C(=O)N[C@@H](Cc1ccccc1)C(=O)O. The molecule has 6 nitrogen and oxygen atoms in total. The average Bonchev–Trinajstić information content (AvgIpc) is 2.85. The Kier molecular flexibility index (Phi) is 9.18. The van der Waals surface area contributed by atoms with Crippen LogP contribution in [0.15, 0.2) is 91.0 Å². The van der Waals surface area contributed by atoms with Crippen molar-refractivity contribution in [3.8, 4) is 0 Å². The van der Waals surface area contributed by atoms with E-state index in [0.717, 1.165) is 16.7 Å². The zero-order chi connectivity index (χ0) is 25.2. The summed E-state index contributed by atoms with van der Waals surface area (Å²) in [7, 11) is 0. The van der Waals surface area contributed by atoms with E-state index in [1.54, 1.807) is 0 Å². The third-order valence-corrected chi connectivity index (χ3v) is 5.77. The van der Waals surface area contributed by atoms with Gasteiger partial charge in [-0.15, -0.1) is 0 Å². The highest BCUT2D eigenvalue weighted by Crippen LogP contribution is 2.25. The van der Waals surface area contributed by atoms with Gasteiger partial charge in [-0.2, -0.15) is 0 Å². The molecule has 182 valence electrons. The highest BCUT2D eigenvalue weighted by molar-refractivity contribution is 5.93. The molecule has 0 heterocycles. The molecule has 0 aliphatic heterocycles. The number of amides is 2. The summed E-state index contributed by atoms with van der Waals surface area (Å²) in [5.74, 6) is -2.42. The molecule has 35 heavy (non-hydrogen) atoms. The molecule has 0 saturated carbocycles. The number of aliphatic carboxylic acids is 1. The number of rotatable bonds is 11. The molecule has 3 aromatic carbocycles. The van der Waals surface area contributed by atoms with Gasteiger partial charge < -0.3 is 15.7 Å². The summed E-state index contributed by atoms with van der Waals surface area (Å²) < 4.78 is 0. The molecule has 2 atom stereocenters. The molecule has 2 amide bonds.